The molecule has 3 N–H and O–H groups in total. The first-order valence-electron chi connectivity index (χ1n) is 7.49. The fourth-order valence-electron chi connectivity index (χ4n) is 2.70. The van der Waals surface area contributed by atoms with E-state index in [1.165, 1.54) is 22.4 Å². The van der Waals surface area contributed by atoms with E-state index in [0.29, 0.717) is 5.92 Å². The predicted molar refractivity (Wildman–Crippen MR) is 87.0 cm³/mol. The summed E-state index contributed by atoms with van der Waals surface area (Å²) < 4.78 is 1.93. The van der Waals surface area contributed by atoms with Gasteiger partial charge in [0, 0.05) is 12.7 Å². The van der Waals surface area contributed by atoms with Crippen LogP contribution in [-0.4, -0.2) is 9.78 Å². The van der Waals surface area contributed by atoms with E-state index < -0.39 is 0 Å². The number of hydrazine groups is 1. The van der Waals surface area contributed by atoms with E-state index in [1.54, 1.807) is 0 Å². The van der Waals surface area contributed by atoms with Crippen molar-refractivity contribution < 1.29 is 0 Å². The van der Waals surface area contributed by atoms with Gasteiger partial charge in [-0.1, -0.05) is 38.1 Å². The molecule has 21 heavy (non-hydrogen) atoms. The number of nitrogens with one attached hydrogen (secondary N) is 1. The lowest BCUT2D eigenvalue weighted by atomic mass is 9.95. The molecule has 0 radical (unpaired) electrons. The molecule has 0 amide bonds. The average molecular weight is 286 g/mol. The molecule has 0 fully saturated rings. The minimum absolute atomic E-state index is 0.104. The van der Waals surface area contributed by atoms with Gasteiger partial charge >= 0.3 is 0 Å². The first-order chi connectivity index (χ1) is 9.93. The van der Waals surface area contributed by atoms with Crippen molar-refractivity contribution in [1.82, 2.24) is 15.2 Å². The highest BCUT2D eigenvalue weighted by Crippen LogP contribution is 2.23. The smallest absolute Gasteiger partial charge is 0.0629 e. The Balaban J connectivity index is 2.23. The van der Waals surface area contributed by atoms with Crippen molar-refractivity contribution >= 4 is 0 Å². The van der Waals surface area contributed by atoms with Gasteiger partial charge in [0.2, 0.25) is 0 Å². The molecule has 2 rings (SSSR count). The van der Waals surface area contributed by atoms with Crippen LogP contribution in [0.5, 0.6) is 0 Å². The monoisotopic (exact) mass is 286 g/mol. The third kappa shape index (κ3) is 3.34. The van der Waals surface area contributed by atoms with Gasteiger partial charge in [-0.3, -0.25) is 16.0 Å². The molecule has 0 aliphatic rings. The van der Waals surface area contributed by atoms with E-state index in [4.69, 9.17) is 5.84 Å². The molecule has 0 saturated carbocycles. The lowest BCUT2D eigenvalue weighted by Crippen LogP contribution is -2.29. The SMILES string of the molecule is Cc1nn(C)c(C)c1CC(NN)c1ccc(C(C)C)cc1. The number of hydrogen-bond acceptors (Lipinski definition) is 3. The molecule has 1 unspecified atom stereocenters. The van der Waals surface area contributed by atoms with Crippen LogP contribution in [0.1, 0.15) is 53.9 Å². The fourth-order valence-corrected chi connectivity index (χ4v) is 2.70. The number of nitrogens with two attached hydrogens (primary N) is 1. The fraction of sp³-hybridized carbons (Fsp3) is 0.471. The summed E-state index contributed by atoms with van der Waals surface area (Å²) in [6, 6.07) is 8.82. The van der Waals surface area contributed by atoms with Gasteiger partial charge in [0.25, 0.3) is 0 Å². The topological polar surface area (TPSA) is 55.9 Å². The zero-order chi connectivity index (χ0) is 15.6. The molecule has 0 saturated heterocycles. The summed E-state index contributed by atoms with van der Waals surface area (Å²) >= 11 is 0. The van der Waals surface area contributed by atoms with E-state index >= 15 is 0 Å². The minimum Gasteiger partial charge on any atom is -0.272 e. The zero-order valence-corrected chi connectivity index (χ0v) is 13.6. The maximum Gasteiger partial charge on any atom is 0.0629 e. The molecular formula is C17H26N4. The Morgan fingerprint density at radius 3 is 2.14 bits per heavy atom. The van der Waals surface area contributed by atoms with Crippen LogP contribution in [0.3, 0.4) is 0 Å². The van der Waals surface area contributed by atoms with Crippen molar-refractivity contribution in [2.45, 2.75) is 46.1 Å². The Labute approximate surface area is 127 Å². The Morgan fingerprint density at radius 1 is 1.14 bits per heavy atom. The van der Waals surface area contributed by atoms with Crippen molar-refractivity contribution in [2.24, 2.45) is 12.9 Å². The van der Waals surface area contributed by atoms with Crippen LogP contribution in [0.4, 0.5) is 0 Å². The van der Waals surface area contributed by atoms with Gasteiger partial charge in [0.1, 0.15) is 0 Å². The third-order valence-corrected chi connectivity index (χ3v) is 4.27. The number of benzene rings is 1. The Kier molecular flexibility index (Phi) is 4.80. The molecule has 1 atom stereocenters. The molecule has 1 aromatic heterocycles. The Bertz CT molecular complexity index is 596. The summed E-state index contributed by atoms with van der Waals surface area (Å²) in [5.74, 6) is 6.33. The van der Waals surface area contributed by atoms with Crippen molar-refractivity contribution in [3.05, 3.63) is 52.3 Å². The maximum atomic E-state index is 5.78. The number of rotatable bonds is 5. The van der Waals surface area contributed by atoms with Gasteiger partial charge in [0.15, 0.2) is 0 Å². The van der Waals surface area contributed by atoms with Crippen LogP contribution in [0.25, 0.3) is 0 Å². The average Bonchev–Trinajstić information content (AvgIpc) is 2.70. The van der Waals surface area contributed by atoms with Gasteiger partial charge < -0.3 is 0 Å². The zero-order valence-electron chi connectivity index (χ0n) is 13.6. The molecule has 114 valence electrons. The summed E-state index contributed by atoms with van der Waals surface area (Å²) in [7, 11) is 1.98. The van der Waals surface area contributed by atoms with Crippen molar-refractivity contribution in [1.29, 1.82) is 0 Å². The second-order valence-electron chi connectivity index (χ2n) is 6.02. The van der Waals surface area contributed by atoms with Crippen LogP contribution in [0.15, 0.2) is 24.3 Å². The second-order valence-corrected chi connectivity index (χ2v) is 6.02. The maximum absolute atomic E-state index is 5.78. The van der Waals surface area contributed by atoms with Crippen molar-refractivity contribution in [2.75, 3.05) is 0 Å². The highest BCUT2D eigenvalue weighted by molar-refractivity contribution is 5.31. The quantitative estimate of drug-likeness (QED) is 0.656. The molecule has 0 aliphatic heterocycles. The third-order valence-electron chi connectivity index (χ3n) is 4.27. The Morgan fingerprint density at radius 2 is 1.71 bits per heavy atom. The standard InChI is InChI=1S/C17H26N4/c1-11(2)14-6-8-15(9-7-14)17(19-18)10-16-12(3)20-21(5)13(16)4/h6-9,11,17,19H,10,18H2,1-5H3. The van der Waals surface area contributed by atoms with Gasteiger partial charge in [0.05, 0.1) is 11.7 Å². The summed E-state index contributed by atoms with van der Waals surface area (Å²) in [4.78, 5) is 0. The number of aryl methyl sites for hydroxylation is 2. The van der Waals surface area contributed by atoms with E-state index in [0.717, 1.165) is 12.1 Å². The van der Waals surface area contributed by atoms with Crippen LogP contribution in [0, 0.1) is 13.8 Å². The summed E-state index contributed by atoms with van der Waals surface area (Å²) in [6.45, 7) is 8.56. The largest absolute Gasteiger partial charge is 0.272 e. The van der Waals surface area contributed by atoms with E-state index in [9.17, 15) is 0 Å². The number of nitrogens with zero attached hydrogens (tertiary/aromatic N) is 2. The van der Waals surface area contributed by atoms with E-state index in [2.05, 4.69) is 62.5 Å². The van der Waals surface area contributed by atoms with E-state index in [1.807, 2.05) is 11.7 Å². The lowest BCUT2D eigenvalue weighted by Gasteiger charge is -2.17. The minimum atomic E-state index is 0.104. The molecule has 1 aromatic carbocycles. The molecule has 0 bridgehead atoms. The highest BCUT2D eigenvalue weighted by atomic mass is 15.3. The summed E-state index contributed by atoms with van der Waals surface area (Å²) in [6.07, 6.45) is 0.850. The number of hydrogen-bond donors (Lipinski definition) is 2. The predicted octanol–water partition coefficient (Wildman–Crippen LogP) is 2.91. The molecule has 2 aromatic rings. The molecule has 0 aliphatic carbocycles. The molecular weight excluding hydrogens is 260 g/mol. The van der Waals surface area contributed by atoms with E-state index in [-0.39, 0.29) is 6.04 Å². The van der Waals surface area contributed by atoms with Gasteiger partial charge in [-0.25, -0.2) is 0 Å². The lowest BCUT2D eigenvalue weighted by molar-refractivity contribution is 0.549. The van der Waals surface area contributed by atoms with Gasteiger partial charge in [-0.05, 0) is 42.9 Å². The van der Waals surface area contributed by atoms with Gasteiger partial charge in [-0.2, -0.15) is 5.10 Å². The molecule has 1 heterocycles. The van der Waals surface area contributed by atoms with Crippen LogP contribution in [-0.2, 0) is 13.5 Å². The summed E-state index contributed by atoms with van der Waals surface area (Å²) in [5, 5.41) is 4.48. The van der Waals surface area contributed by atoms with Crippen LogP contribution in [0.2, 0.25) is 0 Å². The molecule has 4 nitrogen and oxygen atoms in total. The second kappa shape index (κ2) is 6.41. The van der Waals surface area contributed by atoms with Crippen LogP contribution < -0.4 is 11.3 Å². The first kappa shape index (κ1) is 15.7. The number of aromatic nitrogens is 2. The highest BCUT2D eigenvalue weighted by Gasteiger charge is 2.16. The molecule has 0 spiro atoms. The van der Waals surface area contributed by atoms with Crippen LogP contribution >= 0.6 is 0 Å². The first-order valence-corrected chi connectivity index (χ1v) is 7.49. The summed E-state index contributed by atoms with van der Waals surface area (Å²) in [5.41, 5.74) is 9.05. The molecule has 4 heteroatoms. The normalized spacial score (nSPS) is 12.9. The van der Waals surface area contributed by atoms with Crippen molar-refractivity contribution in [3.63, 3.8) is 0 Å². The Hall–Kier alpha value is -1.65. The van der Waals surface area contributed by atoms with Gasteiger partial charge in [-0.15, -0.1) is 0 Å². The van der Waals surface area contributed by atoms with Crippen molar-refractivity contribution in [3.8, 4) is 0 Å².